The summed E-state index contributed by atoms with van der Waals surface area (Å²) in [4.78, 5) is 0. The standard InChI is InChI=1S/C9H15IN3O/c1-13(7-10)4-2-3-8(6-13)9-5-11-14-12-9/h5,8H,2-4,6-7H2,1H3/q+1. The van der Waals surface area contributed by atoms with E-state index in [0.717, 1.165) is 16.7 Å². The predicted octanol–water partition coefficient (Wildman–Crippen LogP) is 1.79. The Balaban J connectivity index is 2.08. The molecule has 0 spiro atoms. The van der Waals surface area contributed by atoms with Crippen LogP contribution in [0, 0.1) is 0 Å². The maximum atomic E-state index is 4.66. The smallest absolute Gasteiger partial charge is 0.129 e. The molecule has 0 aromatic carbocycles. The molecule has 1 aromatic heterocycles. The summed E-state index contributed by atoms with van der Waals surface area (Å²) in [6.45, 7) is 2.45. The van der Waals surface area contributed by atoms with Crippen LogP contribution in [0.2, 0.25) is 0 Å². The van der Waals surface area contributed by atoms with Gasteiger partial charge in [-0.2, -0.15) is 0 Å². The first kappa shape index (κ1) is 10.4. The molecule has 4 nitrogen and oxygen atoms in total. The number of hydrogen-bond donors (Lipinski definition) is 0. The molecular formula is C9H15IN3O+. The number of likely N-dealkylation sites (N-methyl/N-ethyl adjacent to an activating group) is 1. The lowest BCUT2D eigenvalue weighted by Crippen LogP contribution is -2.49. The fourth-order valence-corrected chi connectivity index (χ4v) is 2.76. The summed E-state index contributed by atoms with van der Waals surface area (Å²) in [5, 5.41) is 7.62. The number of alkyl halides is 1. The zero-order valence-electron chi connectivity index (χ0n) is 8.32. The number of rotatable bonds is 2. The van der Waals surface area contributed by atoms with Crippen molar-refractivity contribution in [2.75, 3.05) is 24.7 Å². The van der Waals surface area contributed by atoms with Crippen molar-refractivity contribution in [2.24, 2.45) is 0 Å². The lowest BCUT2D eigenvalue weighted by Gasteiger charge is -2.39. The van der Waals surface area contributed by atoms with Crippen LogP contribution in [0.15, 0.2) is 10.8 Å². The zero-order chi connectivity index (χ0) is 10.0. The monoisotopic (exact) mass is 308 g/mol. The molecule has 5 heteroatoms. The van der Waals surface area contributed by atoms with Crippen molar-refractivity contribution in [3.05, 3.63) is 11.9 Å². The van der Waals surface area contributed by atoms with Crippen LogP contribution in [-0.4, -0.2) is 39.5 Å². The van der Waals surface area contributed by atoms with E-state index in [2.05, 4.69) is 44.6 Å². The van der Waals surface area contributed by atoms with Crippen molar-refractivity contribution >= 4 is 22.6 Å². The second-order valence-electron chi connectivity index (χ2n) is 4.32. The Hall–Kier alpha value is -0.170. The summed E-state index contributed by atoms with van der Waals surface area (Å²) in [7, 11) is 2.31. The van der Waals surface area contributed by atoms with Crippen molar-refractivity contribution in [1.29, 1.82) is 0 Å². The Labute approximate surface area is 97.3 Å². The summed E-state index contributed by atoms with van der Waals surface area (Å²) >= 11 is 2.46. The molecule has 2 heterocycles. The van der Waals surface area contributed by atoms with E-state index < -0.39 is 0 Å². The minimum atomic E-state index is 0.537. The van der Waals surface area contributed by atoms with E-state index in [4.69, 9.17) is 0 Å². The van der Waals surface area contributed by atoms with Gasteiger partial charge >= 0.3 is 0 Å². The van der Waals surface area contributed by atoms with Crippen molar-refractivity contribution in [1.82, 2.24) is 10.3 Å². The summed E-state index contributed by atoms with van der Waals surface area (Å²) in [6, 6.07) is 0. The molecule has 0 radical (unpaired) electrons. The van der Waals surface area contributed by atoms with E-state index in [0.29, 0.717) is 5.92 Å². The molecule has 1 aliphatic heterocycles. The summed E-state index contributed by atoms with van der Waals surface area (Å²) in [5.74, 6) is 0.537. The summed E-state index contributed by atoms with van der Waals surface area (Å²) in [5.41, 5.74) is 1.03. The van der Waals surface area contributed by atoms with Gasteiger partial charge in [0.15, 0.2) is 0 Å². The van der Waals surface area contributed by atoms with Crippen LogP contribution in [0.5, 0.6) is 0 Å². The highest BCUT2D eigenvalue weighted by molar-refractivity contribution is 14.1. The number of likely N-dealkylation sites (tertiary alicyclic amines) is 1. The van der Waals surface area contributed by atoms with Gasteiger partial charge in [-0.15, -0.1) is 0 Å². The van der Waals surface area contributed by atoms with Crippen molar-refractivity contribution < 1.29 is 9.11 Å². The van der Waals surface area contributed by atoms with Gasteiger partial charge in [0, 0.05) is 0 Å². The number of piperidine rings is 1. The molecule has 1 fully saturated rings. The Morgan fingerprint density at radius 1 is 1.71 bits per heavy atom. The number of halogens is 1. The molecule has 0 amide bonds. The maximum Gasteiger partial charge on any atom is 0.129 e. The normalized spacial score (nSPS) is 33.1. The Kier molecular flexibility index (Phi) is 3.06. The maximum absolute atomic E-state index is 4.66. The minimum absolute atomic E-state index is 0.537. The summed E-state index contributed by atoms with van der Waals surface area (Å²) < 4.78 is 6.96. The molecule has 0 saturated carbocycles. The molecule has 0 bridgehead atoms. The Morgan fingerprint density at radius 3 is 3.21 bits per heavy atom. The highest BCUT2D eigenvalue weighted by atomic mass is 127. The van der Waals surface area contributed by atoms with Gasteiger partial charge in [-0.25, -0.2) is 4.63 Å². The number of quaternary nitrogens is 1. The first-order chi connectivity index (χ1) is 6.73. The highest BCUT2D eigenvalue weighted by Crippen LogP contribution is 2.29. The van der Waals surface area contributed by atoms with Crippen LogP contribution in [-0.2, 0) is 0 Å². The molecule has 78 valence electrons. The number of hydrogen-bond acceptors (Lipinski definition) is 3. The van der Waals surface area contributed by atoms with Crippen LogP contribution < -0.4 is 0 Å². The third-order valence-corrected chi connectivity index (χ3v) is 4.64. The highest BCUT2D eigenvalue weighted by Gasteiger charge is 2.32. The molecule has 1 aliphatic rings. The zero-order valence-corrected chi connectivity index (χ0v) is 10.5. The lowest BCUT2D eigenvalue weighted by molar-refractivity contribution is -0.900. The van der Waals surface area contributed by atoms with E-state index in [1.54, 1.807) is 6.20 Å². The Morgan fingerprint density at radius 2 is 2.57 bits per heavy atom. The van der Waals surface area contributed by atoms with Crippen LogP contribution in [0.3, 0.4) is 0 Å². The third-order valence-electron chi connectivity index (χ3n) is 3.00. The van der Waals surface area contributed by atoms with Gasteiger partial charge in [-0.05, 0) is 35.4 Å². The van der Waals surface area contributed by atoms with E-state index >= 15 is 0 Å². The molecule has 0 N–H and O–H groups in total. The average Bonchev–Trinajstić information content (AvgIpc) is 2.71. The van der Waals surface area contributed by atoms with Gasteiger partial charge in [0.25, 0.3) is 0 Å². The molecule has 1 saturated heterocycles. The summed E-state index contributed by atoms with van der Waals surface area (Å²) in [6.07, 6.45) is 4.25. The van der Waals surface area contributed by atoms with E-state index in [9.17, 15) is 0 Å². The fourth-order valence-electron chi connectivity index (χ4n) is 2.14. The molecule has 2 unspecified atom stereocenters. The predicted molar refractivity (Wildman–Crippen MR) is 61.1 cm³/mol. The van der Waals surface area contributed by atoms with Crippen LogP contribution in [0.25, 0.3) is 0 Å². The molecule has 2 atom stereocenters. The topological polar surface area (TPSA) is 38.9 Å². The number of nitrogens with zero attached hydrogens (tertiary/aromatic N) is 3. The second kappa shape index (κ2) is 4.14. The first-order valence-corrected chi connectivity index (χ1v) is 6.43. The van der Waals surface area contributed by atoms with Gasteiger partial charge < -0.3 is 4.48 Å². The van der Waals surface area contributed by atoms with Gasteiger partial charge in [0.05, 0.1) is 32.3 Å². The van der Waals surface area contributed by atoms with Crippen molar-refractivity contribution in [3.8, 4) is 0 Å². The number of aromatic nitrogens is 2. The van der Waals surface area contributed by atoms with Gasteiger partial charge in [-0.3, -0.25) is 0 Å². The van der Waals surface area contributed by atoms with Crippen molar-refractivity contribution in [3.63, 3.8) is 0 Å². The van der Waals surface area contributed by atoms with E-state index in [1.807, 2.05) is 0 Å². The van der Waals surface area contributed by atoms with Crippen LogP contribution >= 0.6 is 22.6 Å². The van der Waals surface area contributed by atoms with E-state index in [1.165, 1.54) is 23.9 Å². The average molecular weight is 308 g/mol. The second-order valence-corrected chi connectivity index (χ2v) is 5.00. The van der Waals surface area contributed by atoms with Gasteiger partial charge in [0.2, 0.25) is 0 Å². The van der Waals surface area contributed by atoms with Gasteiger partial charge in [-0.1, -0.05) is 10.3 Å². The van der Waals surface area contributed by atoms with Crippen molar-refractivity contribution in [2.45, 2.75) is 18.8 Å². The van der Waals surface area contributed by atoms with Gasteiger partial charge in [0.1, 0.15) is 10.2 Å². The fraction of sp³-hybridized carbons (Fsp3) is 0.778. The lowest BCUT2D eigenvalue weighted by atomic mass is 9.94. The minimum Gasteiger partial charge on any atom is -0.317 e. The molecular weight excluding hydrogens is 293 g/mol. The third kappa shape index (κ3) is 2.08. The molecule has 1 aromatic rings. The Bertz CT molecular complexity index is 290. The quantitative estimate of drug-likeness (QED) is 0.362. The van der Waals surface area contributed by atoms with Crippen LogP contribution in [0.1, 0.15) is 24.5 Å². The van der Waals surface area contributed by atoms with E-state index in [-0.39, 0.29) is 0 Å². The molecule has 0 aliphatic carbocycles. The molecule has 14 heavy (non-hydrogen) atoms. The molecule has 2 rings (SSSR count). The largest absolute Gasteiger partial charge is 0.317 e. The van der Waals surface area contributed by atoms with Crippen LogP contribution in [0.4, 0.5) is 0 Å². The SMILES string of the molecule is C[N+]1(CI)CCCC(c2cnon2)C1. The first-order valence-electron chi connectivity index (χ1n) is 4.90.